The number of hydrogen-bond donors (Lipinski definition) is 1. The molecule has 9 heteroatoms. The van der Waals surface area contributed by atoms with Gasteiger partial charge in [-0.15, -0.1) is 10.2 Å². The number of hydrogen-bond acceptors (Lipinski definition) is 6. The van der Waals surface area contributed by atoms with Crippen LogP contribution in [0.5, 0.6) is 0 Å². The summed E-state index contributed by atoms with van der Waals surface area (Å²) < 4.78 is 5.54. The van der Waals surface area contributed by atoms with E-state index in [1.807, 2.05) is 71.0 Å². The Morgan fingerprint density at radius 1 is 1.15 bits per heavy atom. The molecule has 3 rings (SSSR count). The fourth-order valence-corrected chi connectivity index (χ4v) is 3.48. The highest BCUT2D eigenvalue weighted by Gasteiger charge is 2.31. The van der Waals surface area contributed by atoms with E-state index in [-0.39, 0.29) is 18.4 Å². The second-order valence-corrected chi connectivity index (χ2v) is 9.10. The van der Waals surface area contributed by atoms with Gasteiger partial charge in [-0.25, -0.2) is 0 Å². The molecule has 176 valence electrons. The Kier molecular flexibility index (Phi) is 7.63. The van der Waals surface area contributed by atoms with E-state index in [4.69, 9.17) is 4.42 Å². The largest absolute Gasteiger partial charge is 0.458 e. The number of carbonyl (C=O) groups excluding carboxylic acids is 2. The van der Waals surface area contributed by atoms with Gasteiger partial charge in [-0.3, -0.25) is 9.59 Å². The van der Waals surface area contributed by atoms with E-state index >= 15 is 0 Å². The molecule has 0 fully saturated rings. The van der Waals surface area contributed by atoms with Crippen LogP contribution in [0.25, 0.3) is 11.6 Å². The maximum atomic E-state index is 13.4. The Hall–Kier alpha value is -3.49. The highest BCUT2D eigenvalue weighted by molar-refractivity contribution is 5.88. The quantitative estimate of drug-likeness (QED) is 0.534. The summed E-state index contributed by atoms with van der Waals surface area (Å²) in [6, 6.07) is 12.6. The molecule has 2 amide bonds. The van der Waals surface area contributed by atoms with Crippen LogP contribution in [0.3, 0.4) is 0 Å². The summed E-state index contributed by atoms with van der Waals surface area (Å²) in [5, 5.41) is 15.3. The van der Waals surface area contributed by atoms with Crippen molar-refractivity contribution in [2.24, 2.45) is 0 Å². The molecule has 0 radical (unpaired) electrons. The summed E-state index contributed by atoms with van der Waals surface area (Å²) in [5.74, 6) is 1.09. The van der Waals surface area contributed by atoms with Crippen LogP contribution in [0, 0.1) is 6.92 Å². The zero-order valence-electron chi connectivity index (χ0n) is 19.9. The first-order chi connectivity index (χ1) is 15.7. The van der Waals surface area contributed by atoms with Crippen LogP contribution in [0.2, 0.25) is 0 Å². The Labute approximate surface area is 194 Å². The molecule has 0 bridgehead atoms. The lowest BCUT2D eigenvalue weighted by molar-refractivity contribution is -0.143. The maximum absolute atomic E-state index is 13.4. The lowest BCUT2D eigenvalue weighted by Crippen LogP contribution is -2.54. The van der Waals surface area contributed by atoms with E-state index < -0.39 is 11.6 Å². The molecule has 3 aromatic rings. The van der Waals surface area contributed by atoms with Crippen molar-refractivity contribution in [2.45, 2.75) is 72.1 Å². The van der Waals surface area contributed by atoms with Gasteiger partial charge in [0.1, 0.15) is 18.3 Å². The van der Waals surface area contributed by atoms with Gasteiger partial charge >= 0.3 is 0 Å². The van der Waals surface area contributed by atoms with Crippen LogP contribution < -0.4 is 5.32 Å². The Morgan fingerprint density at radius 2 is 1.88 bits per heavy atom. The minimum atomic E-state index is -0.613. The molecule has 1 unspecified atom stereocenters. The third kappa shape index (κ3) is 6.74. The molecular formula is C24H32N6O3. The lowest BCUT2D eigenvalue weighted by atomic mass is 10.0. The topological polar surface area (TPSA) is 106 Å². The van der Waals surface area contributed by atoms with E-state index in [0.29, 0.717) is 24.6 Å². The molecule has 0 aliphatic heterocycles. The van der Waals surface area contributed by atoms with E-state index in [1.54, 1.807) is 11.0 Å². The maximum Gasteiger partial charge on any atom is 0.247 e. The number of rotatable bonds is 9. The second kappa shape index (κ2) is 10.4. The minimum absolute atomic E-state index is 0.136. The van der Waals surface area contributed by atoms with E-state index in [0.717, 1.165) is 17.7 Å². The number of amides is 2. The monoisotopic (exact) mass is 452 g/mol. The van der Waals surface area contributed by atoms with Gasteiger partial charge in [-0.05, 0) is 57.0 Å². The summed E-state index contributed by atoms with van der Waals surface area (Å²) in [6.07, 6.45) is 1.30. The van der Waals surface area contributed by atoms with Crippen molar-refractivity contribution in [1.82, 2.24) is 30.4 Å². The summed E-state index contributed by atoms with van der Waals surface area (Å²) in [5.41, 5.74) is 0.530. The first-order valence-electron chi connectivity index (χ1n) is 11.2. The molecule has 0 spiro atoms. The molecule has 1 atom stereocenters. The summed E-state index contributed by atoms with van der Waals surface area (Å²) in [7, 11) is 0. The van der Waals surface area contributed by atoms with Gasteiger partial charge in [-0.1, -0.05) is 43.7 Å². The molecule has 9 nitrogen and oxygen atoms in total. The van der Waals surface area contributed by atoms with Crippen LogP contribution in [-0.4, -0.2) is 48.5 Å². The van der Waals surface area contributed by atoms with Crippen LogP contribution in [0.1, 0.15) is 51.9 Å². The SMILES string of the molecule is CCCC(C(=O)NC(C)(C)C)N(Cc1ccccc1)C(=O)Cn1nnc(-c2ccc(C)o2)n1. The summed E-state index contributed by atoms with van der Waals surface area (Å²) in [4.78, 5) is 29.5. The zero-order valence-corrected chi connectivity index (χ0v) is 19.9. The minimum Gasteiger partial charge on any atom is -0.458 e. The molecular weight excluding hydrogens is 420 g/mol. The van der Waals surface area contributed by atoms with Gasteiger partial charge in [0.05, 0.1) is 0 Å². The number of aromatic nitrogens is 4. The van der Waals surface area contributed by atoms with Gasteiger partial charge in [0, 0.05) is 12.1 Å². The fourth-order valence-electron chi connectivity index (χ4n) is 3.48. The zero-order chi connectivity index (χ0) is 24.0. The summed E-state index contributed by atoms with van der Waals surface area (Å²) >= 11 is 0. The number of tetrazole rings is 1. The van der Waals surface area contributed by atoms with E-state index in [2.05, 4.69) is 20.7 Å². The Balaban J connectivity index is 1.85. The Bertz CT molecular complexity index is 1070. The van der Waals surface area contributed by atoms with E-state index in [9.17, 15) is 9.59 Å². The Morgan fingerprint density at radius 3 is 2.48 bits per heavy atom. The third-order valence-corrected chi connectivity index (χ3v) is 4.95. The number of nitrogens with one attached hydrogen (secondary N) is 1. The van der Waals surface area contributed by atoms with Crippen LogP contribution >= 0.6 is 0 Å². The van der Waals surface area contributed by atoms with Crippen molar-refractivity contribution in [3.8, 4) is 11.6 Å². The standard InChI is InChI=1S/C24H32N6O3/c1-6-10-19(23(32)25-24(3,4)5)29(15-18-11-8-7-9-12-18)21(31)16-30-27-22(26-28-30)20-14-13-17(2)33-20/h7-9,11-14,19H,6,10,15-16H2,1-5H3,(H,25,32). The summed E-state index contributed by atoms with van der Waals surface area (Å²) in [6.45, 7) is 9.77. The highest BCUT2D eigenvalue weighted by atomic mass is 16.3. The fraction of sp³-hybridized carbons (Fsp3) is 0.458. The van der Waals surface area contributed by atoms with Gasteiger partial charge in [0.25, 0.3) is 0 Å². The smallest absolute Gasteiger partial charge is 0.247 e. The third-order valence-electron chi connectivity index (χ3n) is 4.95. The first kappa shape index (κ1) is 24.2. The normalized spacial score (nSPS) is 12.4. The molecule has 33 heavy (non-hydrogen) atoms. The number of nitrogens with zero attached hydrogens (tertiary/aromatic N) is 5. The molecule has 0 saturated heterocycles. The molecule has 0 saturated carbocycles. The van der Waals surface area contributed by atoms with Crippen molar-refractivity contribution in [1.29, 1.82) is 0 Å². The predicted molar refractivity (Wildman–Crippen MR) is 124 cm³/mol. The van der Waals surface area contributed by atoms with Crippen LogP contribution in [-0.2, 0) is 22.7 Å². The number of benzene rings is 1. The van der Waals surface area contributed by atoms with Gasteiger partial charge in [-0.2, -0.15) is 4.80 Å². The van der Waals surface area contributed by atoms with Gasteiger partial charge < -0.3 is 14.6 Å². The highest BCUT2D eigenvalue weighted by Crippen LogP contribution is 2.18. The average molecular weight is 453 g/mol. The average Bonchev–Trinajstić information content (AvgIpc) is 3.39. The number of carbonyl (C=O) groups is 2. The molecule has 2 aromatic heterocycles. The first-order valence-corrected chi connectivity index (χ1v) is 11.2. The van der Waals surface area contributed by atoms with Gasteiger partial charge in [0.15, 0.2) is 5.76 Å². The number of furan rings is 1. The van der Waals surface area contributed by atoms with E-state index in [1.165, 1.54) is 4.80 Å². The van der Waals surface area contributed by atoms with Gasteiger partial charge in [0.2, 0.25) is 17.6 Å². The van der Waals surface area contributed by atoms with Crippen molar-refractivity contribution in [2.75, 3.05) is 0 Å². The molecule has 2 heterocycles. The molecule has 1 N–H and O–H groups in total. The van der Waals surface area contributed by atoms with Crippen LogP contribution in [0.15, 0.2) is 46.9 Å². The second-order valence-electron chi connectivity index (χ2n) is 9.10. The molecule has 0 aliphatic rings. The van der Waals surface area contributed by atoms with Crippen molar-refractivity contribution in [3.63, 3.8) is 0 Å². The van der Waals surface area contributed by atoms with Crippen molar-refractivity contribution < 1.29 is 14.0 Å². The lowest BCUT2D eigenvalue weighted by Gasteiger charge is -2.33. The van der Waals surface area contributed by atoms with Crippen LogP contribution in [0.4, 0.5) is 0 Å². The molecule has 1 aromatic carbocycles. The predicted octanol–water partition coefficient (Wildman–Crippen LogP) is 3.35. The molecule has 0 aliphatic carbocycles. The number of aryl methyl sites for hydroxylation is 1. The van der Waals surface area contributed by atoms with Crippen molar-refractivity contribution in [3.05, 3.63) is 53.8 Å². The van der Waals surface area contributed by atoms with Crippen molar-refractivity contribution >= 4 is 11.8 Å².